The van der Waals surface area contributed by atoms with Gasteiger partial charge in [0.1, 0.15) is 5.38 Å². The maximum absolute atomic E-state index is 13.4. The molecule has 6 nitrogen and oxygen atoms in total. The van der Waals surface area contributed by atoms with Crippen molar-refractivity contribution < 1.29 is 9.59 Å². The van der Waals surface area contributed by atoms with E-state index in [0.29, 0.717) is 23.5 Å². The summed E-state index contributed by atoms with van der Waals surface area (Å²) in [6.07, 6.45) is 12.0. The summed E-state index contributed by atoms with van der Waals surface area (Å²) in [6, 6.07) is 6.95. The fourth-order valence-corrected chi connectivity index (χ4v) is 4.86. The molecule has 168 valence electrons. The number of urea groups is 1. The quantitative estimate of drug-likeness (QED) is 0.637. The number of rotatable bonds is 5. The Bertz CT molecular complexity index is 1130. The molecule has 32 heavy (non-hydrogen) atoms. The van der Waals surface area contributed by atoms with Crippen molar-refractivity contribution in [3.63, 3.8) is 0 Å². The molecule has 2 aliphatic rings. The van der Waals surface area contributed by atoms with Crippen molar-refractivity contribution in [1.82, 2.24) is 15.2 Å². The Morgan fingerprint density at radius 2 is 1.88 bits per heavy atom. The Morgan fingerprint density at radius 1 is 1.16 bits per heavy atom. The average molecular weight is 454 g/mol. The molecule has 2 unspecified atom stereocenters. The van der Waals surface area contributed by atoms with Crippen LogP contribution in [0.15, 0.2) is 59.2 Å². The maximum Gasteiger partial charge on any atom is 0.322 e. The van der Waals surface area contributed by atoms with Crippen LogP contribution >= 0.6 is 11.6 Å². The number of nitrogens with zero attached hydrogens (tertiary/aromatic N) is 1. The molecule has 0 aliphatic heterocycles. The summed E-state index contributed by atoms with van der Waals surface area (Å²) < 4.78 is 0. The molecule has 7 heteroatoms. The first-order valence-electron chi connectivity index (χ1n) is 11.2. The molecular weight excluding hydrogens is 426 g/mol. The van der Waals surface area contributed by atoms with Gasteiger partial charge in [-0.2, -0.15) is 0 Å². The number of benzene rings is 1. The zero-order valence-corrected chi connectivity index (χ0v) is 18.9. The second kappa shape index (κ2) is 9.74. The summed E-state index contributed by atoms with van der Waals surface area (Å²) in [4.78, 5) is 42.0. The SMILES string of the molecule is CC(c1c[nH]c(=O)c2ccccc12)N(CC1CCCCC1)C(=O)NC1=CC(Cl)C(=O)C=C1. The van der Waals surface area contributed by atoms with E-state index in [1.165, 1.54) is 25.3 Å². The Kier molecular flexibility index (Phi) is 6.80. The number of alkyl halides is 1. The van der Waals surface area contributed by atoms with Crippen LogP contribution in [0.4, 0.5) is 4.79 Å². The molecule has 1 aromatic carbocycles. The van der Waals surface area contributed by atoms with Crippen molar-refractivity contribution in [2.24, 2.45) is 5.92 Å². The number of allylic oxidation sites excluding steroid dienone is 3. The van der Waals surface area contributed by atoms with Crippen molar-refractivity contribution >= 4 is 34.2 Å². The number of hydrogen-bond acceptors (Lipinski definition) is 3. The van der Waals surface area contributed by atoms with Gasteiger partial charge >= 0.3 is 6.03 Å². The van der Waals surface area contributed by atoms with Crippen molar-refractivity contribution in [1.29, 1.82) is 0 Å². The third kappa shape index (κ3) is 4.80. The van der Waals surface area contributed by atoms with Crippen molar-refractivity contribution in [2.75, 3.05) is 6.54 Å². The normalized spacial score (nSPS) is 20.1. The topological polar surface area (TPSA) is 82.3 Å². The smallest absolute Gasteiger partial charge is 0.322 e. The van der Waals surface area contributed by atoms with Gasteiger partial charge < -0.3 is 15.2 Å². The van der Waals surface area contributed by atoms with Gasteiger partial charge in [0.05, 0.1) is 6.04 Å². The van der Waals surface area contributed by atoms with E-state index in [4.69, 9.17) is 11.6 Å². The summed E-state index contributed by atoms with van der Waals surface area (Å²) >= 11 is 6.04. The molecule has 1 fully saturated rings. The second-order valence-electron chi connectivity index (χ2n) is 8.64. The largest absolute Gasteiger partial charge is 0.328 e. The number of aromatic nitrogens is 1. The predicted molar refractivity (Wildman–Crippen MR) is 127 cm³/mol. The Labute approximate surface area is 192 Å². The molecule has 2 aliphatic carbocycles. The molecular formula is C25H28ClN3O3. The van der Waals surface area contributed by atoms with Gasteiger partial charge in [0, 0.05) is 23.8 Å². The highest BCUT2D eigenvalue weighted by Crippen LogP contribution is 2.31. The number of carbonyl (C=O) groups excluding carboxylic acids is 2. The van der Waals surface area contributed by atoms with Crippen LogP contribution < -0.4 is 10.9 Å². The lowest BCUT2D eigenvalue weighted by Gasteiger charge is -2.35. The summed E-state index contributed by atoms with van der Waals surface area (Å²) in [7, 11) is 0. The monoisotopic (exact) mass is 453 g/mol. The molecule has 0 spiro atoms. The minimum Gasteiger partial charge on any atom is -0.328 e. The summed E-state index contributed by atoms with van der Waals surface area (Å²) in [5.41, 5.74) is 1.27. The fourth-order valence-electron chi connectivity index (χ4n) is 4.65. The molecule has 1 heterocycles. The number of ketones is 1. The molecule has 0 bridgehead atoms. The van der Waals surface area contributed by atoms with E-state index in [1.54, 1.807) is 24.4 Å². The van der Waals surface area contributed by atoms with Crippen LogP contribution in [0.25, 0.3) is 10.8 Å². The predicted octanol–water partition coefficient (Wildman–Crippen LogP) is 4.81. The van der Waals surface area contributed by atoms with Crippen molar-refractivity contribution in [2.45, 2.75) is 50.4 Å². The highest BCUT2D eigenvalue weighted by atomic mass is 35.5. The molecule has 2 amide bonds. The molecule has 2 atom stereocenters. The lowest BCUT2D eigenvalue weighted by molar-refractivity contribution is -0.113. The average Bonchev–Trinajstić information content (AvgIpc) is 2.80. The van der Waals surface area contributed by atoms with Crippen LogP contribution in [0.5, 0.6) is 0 Å². The summed E-state index contributed by atoms with van der Waals surface area (Å²) in [5, 5.41) is 3.60. The molecule has 1 saturated carbocycles. The highest BCUT2D eigenvalue weighted by molar-refractivity contribution is 6.34. The van der Waals surface area contributed by atoms with Gasteiger partial charge in [0.15, 0.2) is 5.78 Å². The number of nitrogens with one attached hydrogen (secondary N) is 2. The van der Waals surface area contributed by atoms with Crippen molar-refractivity contribution in [3.05, 3.63) is 70.3 Å². The minimum absolute atomic E-state index is 0.143. The molecule has 0 radical (unpaired) electrons. The van der Waals surface area contributed by atoms with Crippen LogP contribution in [-0.2, 0) is 4.79 Å². The van der Waals surface area contributed by atoms with Crippen LogP contribution in [-0.4, -0.2) is 33.6 Å². The fraction of sp³-hybridized carbons (Fsp3) is 0.400. The van der Waals surface area contributed by atoms with Gasteiger partial charge in [-0.15, -0.1) is 11.6 Å². The lowest BCUT2D eigenvalue weighted by Crippen LogP contribution is -2.44. The van der Waals surface area contributed by atoms with Crippen LogP contribution in [0.1, 0.15) is 50.6 Å². The van der Waals surface area contributed by atoms with E-state index in [9.17, 15) is 14.4 Å². The third-order valence-electron chi connectivity index (χ3n) is 6.48. The zero-order chi connectivity index (χ0) is 22.7. The minimum atomic E-state index is -0.775. The van der Waals surface area contributed by atoms with E-state index < -0.39 is 5.38 Å². The number of carbonyl (C=O) groups is 2. The molecule has 4 rings (SSSR count). The first kappa shape index (κ1) is 22.3. The summed E-state index contributed by atoms with van der Waals surface area (Å²) in [5.74, 6) is 0.237. The second-order valence-corrected chi connectivity index (χ2v) is 9.11. The molecule has 0 saturated heterocycles. The summed E-state index contributed by atoms with van der Waals surface area (Å²) in [6.45, 7) is 2.61. The standard InChI is InChI=1S/C25H28ClN3O3/c1-16(21-14-27-24(31)20-10-6-5-9-19(20)21)29(15-17-7-3-2-4-8-17)25(32)28-18-11-12-23(30)22(26)13-18/h5-6,9-14,16-17,22H,2-4,7-8,15H2,1H3,(H,27,31)(H,28,32). The van der Waals surface area contributed by atoms with Gasteiger partial charge in [-0.05, 0) is 60.9 Å². The number of pyridine rings is 1. The first-order chi connectivity index (χ1) is 15.4. The number of fused-ring (bicyclic) bond motifs is 1. The zero-order valence-electron chi connectivity index (χ0n) is 18.1. The highest BCUT2D eigenvalue weighted by Gasteiger charge is 2.28. The first-order valence-corrected chi connectivity index (χ1v) is 11.6. The van der Waals surface area contributed by atoms with Crippen LogP contribution in [0, 0.1) is 5.92 Å². The Balaban J connectivity index is 1.64. The molecule has 1 aromatic heterocycles. The molecule has 2 N–H and O–H groups in total. The molecule has 2 aromatic rings. The Morgan fingerprint density at radius 3 is 2.59 bits per heavy atom. The number of aromatic amines is 1. The maximum atomic E-state index is 13.4. The van der Waals surface area contributed by atoms with E-state index in [0.717, 1.165) is 23.8 Å². The van der Waals surface area contributed by atoms with E-state index in [2.05, 4.69) is 10.3 Å². The van der Waals surface area contributed by atoms with Gasteiger partial charge in [0.2, 0.25) is 0 Å². The van der Waals surface area contributed by atoms with Gasteiger partial charge in [0.25, 0.3) is 5.56 Å². The third-order valence-corrected chi connectivity index (χ3v) is 6.82. The Hall–Kier alpha value is -2.86. The van der Waals surface area contributed by atoms with Gasteiger partial charge in [-0.25, -0.2) is 4.79 Å². The van der Waals surface area contributed by atoms with E-state index >= 15 is 0 Å². The number of H-pyrrole nitrogens is 1. The lowest BCUT2D eigenvalue weighted by atomic mass is 9.88. The van der Waals surface area contributed by atoms with Gasteiger partial charge in [-0.1, -0.05) is 37.5 Å². The van der Waals surface area contributed by atoms with Crippen LogP contribution in [0.3, 0.4) is 0 Å². The number of amides is 2. The van der Waals surface area contributed by atoms with Gasteiger partial charge in [-0.3, -0.25) is 9.59 Å². The van der Waals surface area contributed by atoms with Crippen LogP contribution in [0.2, 0.25) is 0 Å². The van der Waals surface area contributed by atoms with E-state index in [1.807, 2.05) is 30.0 Å². The number of halogens is 1. The van der Waals surface area contributed by atoms with E-state index in [-0.39, 0.29) is 23.4 Å². The van der Waals surface area contributed by atoms with Crippen molar-refractivity contribution in [3.8, 4) is 0 Å². The number of hydrogen-bond donors (Lipinski definition) is 2.